The smallest absolute Gasteiger partial charge is 0.269 e. The van der Waals surface area contributed by atoms with Crippen LogP contribution in [0.1, 0.15) is 140 Å². The van der Waals surface area contributed by atoms with Crippen LogP contribution in [0.5, 0.6) is 0 Å². The van der Waals surface area contributed by atoms with Crippen LogP contribution in [-0.4, -0.2) is 57.6 Å². The van der Waals surface area contributed by atoms with Crippen molar-refractivity contribution in [2.45, 2.75) is 135 Å². The maximum absolute atomic E-state index is 10.4. The fourth-order valence-corrected chi connectivity index (χ4v) is 8.41. The number of nitrogens with two attached hydrogens (primary N) is 4. The number of aromatic nitrogens is 2. The van der Waals surface area contributed by atoms with E-state index in [9.17, 15) is 20.2 Å². The summed E-state index contributed by atoms with van der Waals surface area (Å²) in [6.45, 7) is 9.44. The molecule has 21 heteroatoms. The van der Waals surface area contributed by atoms with Crippen LogP contribution in [0, 0.1) is 47.8 Å². The van der Waals surface area contributed by atoms with Gasteiger partial charge in [-0.25, -0.2) is 9.97 Å². The number of fused-ring (bicyclic) bond motifs is 2. The number of hydrogen-bond acceptors (Lipinski definition) is 16. The maximum atomic E-state index is 10.4. The summed E-state index contributed by atoms with van der Waals surface area (Å²) in [4.78, 5) is 27.8. The number of halogens is 2. The van der Waals surface area contributed by atoms with Crippen LogP contribution in [0.4, 0.5) is 40.1 Å². The Morgan fingerprint density at radius 3 is 1.39 bits per heavy atom. The van der Waals surface area contributed by atoms with E-state index in [-0.39, 0.29) is 25.5 Å². The zero-order valence-corrected chi connectivity index (χ0v) is 56.8. The van der Waals surface area contributed by atoms with Crippen molar-refractivity contribution >= 4 is 125 Å². The van der Waals surface area contributed by atoms with E-state index in [1.54, 1.807) is 24.5 Å². The van der Waals surface area contributed by atoms with Gasteiger partial charge in [-0.2, -0.15) is 10.4 Å². The third kappa shape index (κ3) is 31.6. The quantitative estimate of drug-likeness (QED) is 0.00674. The molecule has 0 saturated carbocycles. The number of benzene rings is 6. The summed E-state index contributed by atoms with van der Waals surface area (Å²) in [6, 6.07) is 42.4. The number of hydrogen-bond donors (Lipinski definition) is 7. The van der Waals surface area contributed by atoms with Crippen LogP contribution in [0.25, 0.3) is 21.5 Å². The fraction of sp³-hybridized carbons (Fsp3) is 0.324. The number of rotatable bonds is 21. The summed E-state index contributed by atoms with van der Waals surface area (Å²) in [6.07, 6.45) is 18.5. The zero-order valence-electron chi connectivity index (χ0n) is 52.4. The normalized spacial score (nSPS) is 10.1. The van der Waals surface area contributed by atoms with E-state index in [0.29, 0.717) is 40.0 Å². The summed E-state index contributed by atoms with van der Waals surface area (Å²) >= 11 is 6.73. The first kappa shape index (κ1) is 77.0. The number of nitro benzene ring substituents is 2. The molecule has 0 aliphatic carbocycles. The van der Waals surface area contributed by atoms with Gasteiger partial charge in [0.05, 0.1) is 27.2 Å². The fourth-order valence-electron chi connectivity index (χ4n) is 7.67. The van der Waals surface area contributed by atoms with E-state index in [4.69, 9.17) is 44.4 Å². The molecule has 470 valence electrons. The van der Waals surface area contributed by atoms with Gasteiger partial charge in [0.1, 0.15) is 11.5 Å². The minimum atomic E-state index is -0.499. The van der Waals surface area contributed by atoms with Gasteiger partial charge in [0.15, 0.2) is 5.82 Å². The second-order valence-corrected chi connectivity index (χ2v) is 26.4. The van der Waals surface area contributed by atoms with Crippen molar-refractivity contribution in [3.8, 4) is 6.07 Å². The number of pyridine rings is 2. The number of unbranched alkanes of at least 4 members (excludes halogenated alkanes) is 7. The molecule has 11 N–H and O–H groups in total. The van der Waals surface area contributed by atoms with Crippen LogP contribution >= 0.6 is 31.9 Å². The number of nitro groups is 2. The molecule has 89 heavy (non-hydrogen) atoms. The number of nitrogens with one attached hydrogen (secondary N) is 3. The van der Waals surface area contributed by atoms with E-state index >= 15 is 0 Å². The first-order chi connectivity index (χ1) is 42.6. The van der Waals surface area contributed by atoms with Crippen LogP contribution < -0.4 is 22.9 Å². The Hall–Kier alpha value is -8.11. The predicted molar refractivity (Wildman–Crippen MR) is 380 cm³/mol. The number of non-ortho nitro benzene ring substituents is 2. The molecule has 6 aromatic carbocycles. The number of nitriles is 1. The van der Waals surface area contributed by atoms with Crippen molar-refractivity contribution in [2.75, 3.05) is 23.7 Å². The summed E-state index contributed by atoms with van der Waals surface area (Å²) in [5, 5.41) is 65.5. The number of nitrogen functional groups attached to an aromatic ring is 3. The van der Waals surface area contributed by atoms with Crippen molar-refractivity contribution in [3.63, 3.8) is 0 Å². The van der Waals surface area contributed by atoms with Crippen molar-refractivity contribution in [2.24, 2.45) is 16.0 Å². The van der Waals surface area contributed by atoms with Crippen molar-refractivity contribution in [1.82, 2.24) is 9.97 Å². The van der Waals surface area contributed by atoms with Gasteiger partial charge in [0.2, 0.25) is 0 Å². The summed E-state index contributed by atoms with van der Waals surface area (Å²) in [7, 11) is 0. The van der Waals surface area contributed by atoms with Gasteiger partial charge in [0, 0.05) is 84.6 Å². The van der Waals surface area contributed by atoms with Gasteiger partial charge in [-0.05, 0) is 152 Å². The predicted octanol–water partition coefficient (Wildman–Crippen LogP) is 19.9. The highest BCUT2D eigenvalue weighted by atomic mass is 79.9. The summed E-state index contributed by atoms with van der Waals surface area (Å²) < 4.78 is 2.00. The minimum absolute atomic E-state index is 0.00370. The lowest BCUT2D eigenvalue weighted by Gasteiger charge is -2.05. The molecule has 18 nitrogen and oxygen atoms in total. The molecule has 0 fully saturated rings. The SMILES string of the molecule is CCCCCC(=N)c1ccc(N)cc1.CCCCCC(=N)c1ccc(N=Nc2c(N)ncc3ccc(Br)cc23)cc1.CCCCCC(=N)c1ccc([N+](=O)[O-])cc1.CCCCN.N#Cc1ccc([N+](=O)[O-])cc1.Nc1cc2cc(Br)ccc2cn1.[CH3][Al]([CH3])[CH3]. The minimum Gasteiger partial charge on any atom is -0.399 e. The maximum Gasteiger partial charge on any atom is 0.269 e. The second kappa shape index (κ2) is 44.3. The van der Waals surface area contributed by atoms with E-state index in [0.717, 1.165) is 129 Å². The average Bonchev–Trinajstić information content (AvgIpc) is 3.72. The van der Waals surface area contributed by atoms with Crippen LogP contribution in [0.3, 0.4) is 0 Å². The van der Waals surface area contributed by atoms with E-state index in [2.05, 4.69) is 97.1 Å². The molecule has 0 unspecified atom stereocenters. The lowest BCUT2D eigenvalue weighted by Crippen LogP contribution is -1.99. The van der Waals surface area contributed by atoms with Crippen LogP contribution in [0.2, 0.25) is 17.4 Å². The lowest BCUT2D eigenvalue weighted by molar-refractivity contribution is -0.385. The van der Waals surface area contributed by atoms with Crippen molar-refractivity contribution in [1.29, 1.82) is 21.5 Å². The Kier molecular flexibility index (Phi) is 38.4. The van der Waals surface area contributed by atoms with Gasteiger partial charge in [-0.15, -0.1) is 22.5 Å². The Balaban J connectivity index is 0.000000380. The highest BCUT2D eigenvalue weighted by Gasteiger charge is 2.10. The zero-order chi connectivity index (χ0) is 66.1. The Morgan fingerprint density at radius 2 is 0.966 bits per heavy atom. The molecule has 0 aliphatic heterocycles. The highest BCUT2D eigenvalue weighted by Crippen LogP contribution is 2.34. The average molecular weight is 1350 g/mol. The lowest BCUT2D eigenvalue weighted by atomic mass is 10.0. The molecule has 8 rings (SSSR count). The molecule has 8 aromatic rings. The molecule has 2 heterocycles. The molecule has 0 amide bonds. The van der Waals surface area contributed by atoms with E-state index in [1.807, 2.05) is 97.1 Å². The molecule has 2 aromatic heterocycles. The molecule has 0 aliphatic rings. The third-order valence-corrected chi connectivity index (χ3v) is 13.6. The summed E-state index contributed by atoms with van der Waals surface area (Å²) in [5.74, 6) is 7.82. The molecule has 0 bridgehead atoms. The Labute approximate surface area is 546 Å². The monoisotopic (exact) mass is 1350 g/mol. The topological polar surface area (TPSA) is 336 Å². The Morgan fingerprint density at radius 1 is 0.551 bits per heavy atom. The van der Waals surface area contributed by atoms with Crippen molar-refractivity contribution < 1.29 is 9.85 Å². The second-order valence-electron chi connectivity index (χ2n) is 21.1. The van der Waals surface area contributed by atoms with Crippen molar-refractivity contribution in [3.05, 3.63) is 203 Å². The van der Waals surface area contributed by atoms with Gasteiger partial charge >= 0.3 is 0 Å². The van der Waals surface area contributed by atoms with Crippen LogP contribution in [0.15, 0.2) is 171 Å². The Bertz CT molecular complexity index is 3460. The molecular weight excluding hydrogens is 1260 g/mol. The molecule has 0 saturated heterocycles. The third-order valence-electron chi connectivity index (χ3n) is 12.6. The molecule has 0 radical (unpaired) electrons. The summed E-state index contributed by atoms with van der Waals surface area (Å²) in [5.41, 5.74) is 29.5. The number of nitrogens with zero attached hydrogens (tertiary/aromatic N) is 7. The van der Waals surface area contributed by atoms with Gasteiger partial charge in [-0.1, -0.05) is 141 Å². The largest absolute Gasteiger partial charge is 0.399 e. The van der Waals surface area contributed by atoms with Gasteiger partial charge < -0.3 is 39.2 Å². The van der Waals surface area contributed by atoms with E-state index in [1.165, 1.54) is 62.1 Å². The van der Waals surface area contributed by atoms with Gasteiger partial charge in [-0.3, -0.25) is 20.2 Å². The molecule has 0 atom stereocenters. The number of anilines is 3. The first-order valence-electron chi connectivity index (χ1n) is 30.0. The van der Waals surface area contributed by atoms with Crippen LogP contribution in [-0.2, 0) is 0 Å². The highest BCUT2D eigenvalue weighted by molar-refractivity contribution is 9.10. The molecule has 0 spiro atoms. The van der Waals surface area contributed by atoms with Gasteiger partial charge in [0.25, 0.3) is 25.5 Å². The first-order valence-corrected chi connectivity index (χ1v) is 35.0. The number of azo groups is 1. The standard InChI is InChI=1S/C21H22BrN5.C12H16N2O2.C12H18N2.C9H7BrN2.C7H4N2O2.C4H11N.3CH3.Al/c1-2-3-4-5-19(23)14-7-10-17(11-8-14)26-27-20-18-12-16(22)9-6-15(18)13-25-21(20)24;1-2-3-4-5-12(13)10-6-8-11(9-7-10)14(15)16;1-2-3-4-5-12(14)10-6-8-11(13)9-7-10;10-8-2-1-6-5-12-9(11)4-7(6)3-8;8-5-6-1-3-7(4-2-6)9(10)11;1-2-3-4-5;;;;/h6-13,23H,2-5H2,1H3,(H2,24,25);6-9,13H,2-5H2,1H3;6-9,14H,2-5,13H2,1H3;1-5H,(H2,11,12);1-4H;2-5H2,1H3;3*1H3;. The molecular formula is C68H87AlBr2N14O4. The van der Waals surface area contributed by atoms with E-state index < -0.39 is 9.85 Å².